The highest BCUT2D eigenvalue weighted by Crippen LogP contribution is 2.17. The Morgan fingerprint density at radius 2 is 1.83 bits per heavy atom. The van der Waals surface area contributed by atoms with Crippen LogP contribution in [-0.4, -0.2) is 35.1 Å². The van der Waals surface area contributed by atoms with Gasteiger partial charge in [-0.2, -0.15) is 5.10 Å². The Balaban J connectivity index is 1.59. The average Bonchev–Trinajstić information content (AvgIpc) is 3.10. The van der Waals surface area contributed by atoms with E-state index in [2.05, 4.69) is 10.4 Å². The van der Waals surface area contributed by atoms with E-state index in [4.69, 9.17) is 5.11 Å². The van der Waals surface area contributed by atoms with Crippen molar-refractivity contribution in [1.29, 1.82) is 0 Å². The Hall–Kier alpha value is -2.79. The van der Waals surface area contributed by atoms with Crippen molar-refractivity contribution in [1.82, 2.24) is 9.78 Å². The zero-order valence-corrected chi connectivity index (χ0v) is 13.8. The predicted octanol–water partition coefficient (Wildman–Crippen LogP) is 2.91. The Kier molecular flexibility index (Phi) is 5.13. The molecule has 5 nitrogen and oxygen atoms in total. The molecule has 2 aromatic carbocycles. The van der Waals surface area contributed by atoms with Crippen LogP contribution in [0, 0.1) is 0 Å². The minimum atomic E-state index is 0.155. The predicted molar refractivity (Wildman–Crippen MR) is 97.7 cm³/mol. The maximum absolute atomic E-state index is 8.99. The monoisotopic (exact) mass is 322 g/mol. The van der Waals surface area contributed by atoms with E-state index in [1.54, 1.807) is 0 Å². The van der Waals surface area contributed by atoms with Crippen LogP contribution >= 0.6 is 0 Å². The number of anilines is 2. The van der Waals surface area contributed by atoms with E-state index < -0.39 is 0 Å². The van der Waals surface area contributed by atoms with Crippen molar-refractivity contribution >= 4 is 11.4 Å². The van der Waals surface area contributed by atoms with Gasteiger partial charge in [-0.25, -0.2) is 4.68 Å². The lowest BCUT2D eigenvalue weighted by atomic mass is 10.2. The number of rotatable bonds is 7. The minimum absolute atomic E-state index is 0.155. The van der Waals surface area contributed by atoms with Gasteiger partial charge < -0.3 is 15.3 Å². The number of para-hydroxylation sites is 1. The SMILES string of the molecule is CN(CCO)c1ccc(NCc2cnn(-c3ccccc3)c2)cc1. The molecule has 24 heavy (non-hydrogen) atoms. The summed E-state index contributed by atoms with van der Waals surface area (Å²) in [5.74, 6) is 0. The fraction of sp³-hybridized carbons (Fsp3) is 0.211. The molecule has 0 aliphatic rings. The fourth-order valence-corrected chi connectivity index (χ4v) is 2.49. The normalized spacial score (nSPS) is 10.6. The van der Waals surface area contributed by atoms with E-state index in [0.29, 0.717) is 6.54 Å². The van der Waals surface area contributed by atoms with E-state index in [-0.39, 0.29) is 6.61 Å². The van der Waals surface area contributed by atoms with Crippen LogP contribution in [0.1, 0.15) is 5.56 Å². The summed E-state index contributed by atoms with van der Waals surface area (Å²) in [5, 5.41) is 16.8. The highest BCUT2D eigenvalue weighted by atomic mass is 16.3. The summed E-state index contributed by atoms with van der Waals surface area (Å²) in [6, 6.07) is 18.3. The Labute approximate surface area is 142 Å². The number of aliphatic hydroxyl groups is 1. The summed E-state index contributed by atoms with van der Waals surface area (Å²) in [7, 11) is 1.97. The van der Waals surface area contributed by atoms with Gasteiger partial charge in [0.2, 0.25) is 0 Å². The Bertz CT molecular complexity index is 753. The molecule has 0 atom stereocenters. The van der Waals surface area contributed by atoms with Crippen LogP contribution < -0.4 is 10.2 Å². The quantitative estimate of drug-likeness (QED) is 0.702. The molecule has 0 fully saturated rings. The Morgan fingerprint density at radius 3 is 2.54 bits per heavy atom. The third kappa shape index (κ3) is 3.94. The first kappa shape index (κ1) is 16.1. The van der Waals surface area contributed by atoms with Crippen molar-refractivity contribution in [3.63, 3.8) is 0 Å². The van der Waals surface area contributed by atoms with Crippen molar-refractivity contribution in [2.45, 2.75) is 6.54 Å². The molecule has 0 unspecified atom stereocenters. The molecule has 124 valence electrons. The second kappa shape index (κ2) is 7.66. The number of hydrogen-bond acceptors (Lipinski definition) is 4. The average molecular weight is 322 g/mol. The molecule has 0 radical (unpaired) electrons. The molecule has 0 saturated carbocycles. The van der Waals surface area contributed by atoms with Gasteiger partial charge in [-0.05, 0) is 36.4 Å². The maximum Gasteiger partial charge on any atom is 0.0645 e. The van der Waals surface area contributed by atoms with Crippen LogP contribution in [0.2, 0.25) is 0 Å². The van der Waals surface area contributed by atoms with Crippen molar-refractivity contribution in [3.8, 4) is 5.69 Å². The highest BCUT2D eigenvalue weighted by molar-refractivity contribution is 5.54. The molecule has 0 bridgehead atoms. The van der Waals surface area contributed by atoms with Gasteiger partial charge in [-0.1, -0.05) is 18.2 Å². The van der Waals surface area contributed by atoms with Gasteiger partial charge >= 0.3 is 0 Å². The number of benzene rings is 2. The van der Waals surface area contributed by atoms with Gasteiger partial charge in [0.25, 0.3) is 0 Å². The summed E-state index contributed by atoms with van der Waals surface area (Å²) in [6.45, 7) is 1.51. The fourth-order valence-electron chi connectivity index (χ4n) is 2.49. The molecule has 0 saturated heterocycles. The van der Waals surface area contributed by atoms with Gasteiger partial charge in [0.15, 0.2) is 0 Å². The highest BCUT2D eigenvalue weighted by Gasteiger charge is 2.02. The van der Waals surface area contributed by atoms with E-state index in [1.807, 2.05) is 83.6 Å². The third-order valence-electron chi connectivity index (χ3n) is 3.90. The van der Waals surface area contributed by atoms with Crippen molar-refractivity contribution in [3.05, 3.63) is 72.6 Å². The van der Waals surface area contributed by atoms with E-state index >= 15 is 0 Å². The molecule has 1 aromatic heterocycles. The lowest BCUT2D eigenvalue weighted by molar-refractivity contribution is 0.304. The van der Waals surface area contributed by atoms with E-state index in [9.17, 15) is 0 Å². The van der Waals surface area contributed by atoms with E-state index in [0.717, 1.165) is 29.2 Å². The molecule has 1 heterocycles. The van der Waals surface area contributed by atoms with Crippen LogP contribution in [0.25, 0.3) is 5.69 Å². The molecule has 3 rings (SSSR count). The molecule has 0 spiro atoms. The molecule has 0 aliphatic carbocycles. The molecule has 0 aliphatic heterocycles. The van der Waals surface area contributed by atoms with Crippen LogP contribution in [0.3, 0.4) is 0 Å². The lowest BCUT2D eigenvalue weighted by Gasteiger charge is -2.18. The second-order valence-corrected chi connectivity index (χ2v) is 5.67. The van der Waals surface area contributed by atoms with Crippen molar-refractivity contribution in [2.75, 3.05) is 30.4 Å². The molecule has 3 aromatic rings. The topological polar surface area (TPSA) is 53.3 Å². The molecular formula is C19H22N4O. The third-order valence-corrected chi connectivity index (χ3v) is 3.90. The molecule has 2 N–H and O–H groups in total. The summed E-state index contributed by atoms with van der Waals surface area (Å²) in [4.78, 5) is 2.02. The second-order valence-electron chi connectivity index (χ2n) is 5.67. The zero-order chi connectivity index (χ0) is 16.8. The first-order valence-corrected chi connectivity index (χ1v) is 8.01. The van der Waals surface area contributed by atoms with E-state index in [1.165, 1.54) is 0 Å². The van der Waals surface area contributed by atoms with Crippen LogP contribution in [-0.2, 0) is 6.54 Å². The van der Waals surface area contributed by atoms with Gasteiger partial charge in [0.1, 0.15) is 0 Å². The standard InChI is InChI=1S/C19H22N4O/c1-22(11-12-24)18-9-7-17(8-10-18)20-13-16-14-21-23(15-16)19-5-3-2-4-6-19/h2-10,14-15,20,24H,11-13H2,1H3. The Morgan fingerprint density at radius 1 is 1.08 bits per heavy atom. The zero-order valence-electron chi connectivity index (χ0n) is 13.8. The van der Waals surface area contributed by atoms with Crippen molar-refractivity contribution < 1.29 is 5.11 Å². The number of aromatic nitrogens is 2. The number of nitrogens with one attached hydrogen (secondary N) is 1. The van der Waals surface area contributed by atoms with Gasteiger partial charge in [-0.15, -0.1) is 0 Å². The smallest absolute Gasteiger partial charge is 0.0645 e. The summed E-state index contributed by atoms with van der Waals surface area (Å²) < 4.78 is 1.88. The summed E-state index contributed by atoms with van der Waals surface area (Å²) in [6.07, 6.45) is 3.91. The van der Waals surface area contributed by atoms with Gasteiger partial charge in [0, 0.05) is 43.3 Å². The molecule has 0 amide bonds. The largest absolute Gasteiger partial charge is 0.395 e. The first-order valence-electron chi connectivity index (χ1n) is 8.01. The molecule has 5 heteroatoms. The van der Waals surface area contributed by atoms with Crippen molar-refractivity contribution in [2.24, 2.45) is 0 Å². The van der Waals surface area contributed by atoms with Crippen LogP contribution in [0.4, 0.5) is 11.4 Å². The van der Waals surface area contributed by atoms with Gasteiger partial charge in [-0.3, -0.25) is 0 Å². The number of nitrogens with zero attached hydrogens (tertiary/aromatic N) is 3. The maximum atomic E-state index is 8.99. The van der Waals surface area contributed by atoms with Gasteiger partial charge in [0.05, 0.1) is 18.5 Å². The lowest BCUT2D eigenvalue weighted by Crippen LogP contribution is -2.20. The molecular weight excluding hydrogens is 300 g/mol. The number of hydrogen-bond donors (Lipinski definition) is 2. The summed E-state index contributed by atoms with van der Waals surface area (Å²) >= 11 is 0. The van der Waals surface area contributed by atoms with Crippen LogP contribution in [0.15, 0.2) is 67.0 Å². The number of likely N-dealkylation sites (N-methyl/N-ethyl adjacent to an activating group) is 1. The number of aliphatic hydroxyl groups excluding tert-OH is 1. The summed E-state index contributed by atoms with van der Waals surface area (Å²) in [5.41, 5.74) is 4.33. The van der Waals surface area contributed by atoms with Crippen LogP contribution in [0.5, 0.6) is 0 Å². The minimum Gasteiger partial charge on any atom is -0.395 e. The first-order chi connectivity index (χ1) is 11.8.